The van der Waals surface area contributed by atoms with Crippen LogP contribution in [0.15, 0.2) is 18.2 Å². The van der Waals surface area contributed by atoms with Crippen LogP contribution in [0.5, 0.6) is 0 Å². The van der Waals surface area contributed by atoms with Gasteiger partial charge in [0.05, 0.1) is 0 Å². The minimum absolute atomic E-state index is 0.0537. The number of carbonyl (C=O) groups excluding carboxylic acids is 1. The molecule has 1 aromatic rings. The lowest BCUT2D eigenvalue weighted by molar-refractivity contribution is 0.0947. The highest BCUT2D eigenvalue weighted by Crippen LogP contribution is 2.24. The van der Waals surface area contributed by atoms with Gasteiger partial charge in [0.2, 0.25) is 0 Å². The summed E-state index contributed by atoms with van der Waals surface area (Å²) < 4.78 is 0. The average molecular weight is 260 g/mol. The molecule has 1 amide bonds. The predicted molar refractivity (Wildman–Crippen MR) is 79.6 cm³/mol. The molecule has 1 saturated carbocycles. The van der Waals surface area contributed by atoms with E-state index in [1.807, 2.05) is 25.1 Å². The highest BCUT2D eigenvalue weighted by molar-refractivity contribution is 5.94. The number of amides is 1. The van der Waals surface area contributed by atoms with Crippen molar-refractivity contribution >= 4 is 11.6 Å². The van der Waals surface area contributed by atoms with Crippen LogP contribution in [0.1, 0.15) is 48.5 Å². The Kier molecular flexibility index (Phi) is 4.83. The summed E-state index contributed by atoms with van der Waals surface area (Å²) in [6, 6.07) is 5.85. The van der Waals surface area contributed by atoms with Crippen molar-refractivity contribution in [1.82, 2.24) is 5.32 Å². The number of carbonyl (C=O) groups is 1. The maximum atomic E-state index is 12.1. The van der Waals surface area contributed by atoms with E-state index in [1.165, 1.54) is 25.7 Å². The Bertz CT molecular complexity index is 436. The summed E-state index contributed by atoms with van der Waals surface area (Å²) >= 11 is 0. The molecule has 0 spiro atoms. The van der Waals surface area contributed by atoms with Crippen LogP contribution in [0.4, 0.5) is 5.69 Å². The van der Waals surface area contributed by atoms with Crippen molar-refractivity contribution in [2.24, 2.45) is 5.92 Å². The molecule has 0 aliphatic heterocycles. The monoisotopic (exact) mass is 260 g/mol. The van der Waals surface area contributed by atoms with Gasteiger partial charge >= 0.3 is 0 Å². The van der Waals surface area contributed by atoms with Gasteiger partial charge < -0.3 is 10.6 Å². The third kappa shape index (κ3) is 3.72. The molecule has 0 unspecified atom stereocenters. The summed E-state index contributed by atoms with van der Waals surface area (Å²) in [6.07, 6.45) is 5.16. The molecule has 0 heterocycles. The van der Waals surface area contributed by atoms with Gasteiger partial charge in [-0.1, -0.05) is 12.8 Å². The highest BCUT2D eigenvalue weighted by Gasteiger charge is 2.16. The standard InChI is InChI=1S/C16H24N2O/c1-3-17-15-9-8-14(10-12(15)2)16(19)18-11-13-6-4-5-7-13/h8-10,13,17H,3-7,11H2,1-2H3,(H,18,19). The van der Waals surface area contributed by atoms with Crippen LogP contribution in [0.2, 0.25) is 0 Å². The molecule has 1 aliphatic carbocycles. The fourth-order valence-corrected chi connectivity index (χ4v) is 2.75. The number of aryl methyl sites for hydroxylation is 1. The smallest absolute Gasteiger partial charge is 0.251 e. The zero-order valence-electron chi connectivity index (χ0n) is 12.0. The van der Waals surface area contributed by atoms with Gasteiger partial charge in [0, 0.05) is 24.3 Å². The molecule has 2 N–H and O–H groups in total. The van der Waals surface area contributed by atoms with Crippen molar-refractivity contribution in [3.63, 3.8) is 0 Å². The second kappa shape index (κ2) is 6.60. The minimum Gasteiger partial charge on any atom is -0.385 e. The van der Waals surface area contributed by atoms with Crippen molar-refractivity contribution in [1.29, 1.82) is 0 Å². The molecule has 3 heteroatoms. The Hall–Kier alpha value is -1.51. The molecule has 2 rings (SSSR count). The van der Waals surface area contributed by atoms with Gasteiger partial charge in [0.1, 0.15) is 0 Å². The first-order valence-electron chi connectivity index (χ1n) is 7.33. The fourth-order valence-electron chi connectivity index (χ4n) is 2.75. The number of hydrogen-bond donors (Lipinski definition) is 2. The van der Waals surface area contributed by atoms with Crippen LogP contribution in [0.25, 0.3) is 0 Å². The van der Waals surface area contributed by atoms with Gasteiger partial charge in [-0.2, -0.15) is 0 Å². The zero-order chi connectivity index (χ0) is 13.7. The normalized spacial score (nSPS) is 15.5. The maximum Gasteiger partial charge on any atom is 0.251 e. The Morgan fingerprint density at radius 3 is 2.68 bits per heavy atom. The van der Waals surface area contributed by atoms with Crippen LogP contribution in [0.3, 0.4) is 0 Å². The number of rotatable bonds is 5. The molecule has 1 aromatic carbocycles. The topological polar surface area (TPSA) is 41.1 Å². The van der Waals surface area contributed by atoms with Crippen LogP contribution < -0.4 is 10.6 Å². The molecular weight excluding hydrogens is 236 g/mol. The van der Waals surface area contributed by atoms with Gasteiger partial charge in [-0.25, -0.2) is 0 Å². The van der Waals surface area contributed by atoms with Crippen molar-refractivity contribution < 1.29 is 4.79 Å². The number of nitrogens with one attached hydrogen (secondary N) is 2. The Balaban J connectivity index is 1.92. The first kappa shape index (κ1) is 13.9. The highest BCUT2D eigenvalue weighted by atomic mass is 16.1. The number of benzene rings is 1. The first-order valence-corrected chi connectivity index (χ1v) is 7.33. The SMILES string of the molecule is CCNc1ccc(C(=O)NCC2CCCC2)cc1C. The van der Waals surface area contributed by atoms with Crippen LogP contribution in [-0.2, 0) is 0 Å². The van der Waals surface area contributed by atoms with E-state index in [0.717, 1.165) is 29.9 Å². The molecule has 0 radical (unpaired) electrons. The predicted octanol–water partition coefficient (Wildman–Crippen LogP) is 3.35. The van der Waals surface area contributed by atoms with E-state index in [9.17, 15) is 4.79 Å². The Morgan fingerprint density at radius 1 is 1.32 bits per heavy atom. The van der Waals surface area contributed by atoms with E-state index < -0.39 is 0 Å². The number of hydrogen-bond acceptors (Lipinski definition) is 2. The van der Waals surface area contributed by atoms with E-state index in [0.29, 0.717) is 5.92 Å². The van der Waals surface area contributed by atoms with Gasteiger partial charge in [0.25, 0.3) is 5.91 Å². The van der Waals surface area contributed by atoms with Gasteiger partial charge in [-0.15, -0.1) is 0 Å². The van der Waals surface area contributed by atoms with E-state index in [1.54, 1.807) is 0 Å². The minimum atomic E-state index is 0.0537. The quantitative estimate of drug-likeness (QED) is 0.852. The zero-order valence-corrected chi connectivity index (χ0v) is 12.0. The fraction of sp³-hybridized carbons (Fsp3) is 0.562. The summed E-state index contributed by atoms with van der Waals surface area (Å²) in [5.74, 6) is 0.740. The second-order valence-corrected chi connectivity index (χ2v) is 5.42. The summed E-state index contributed by atoms with van der Waals surface area (Å²) in [7, 11) is 0. The molecule has 0 aromatic heterocycles. The molecule has 1 fully saturated rings. The second-order valence-electron chi connectivity index (χ2n) is 5.42. The van der Waals surface area contributed by atoms with Gasteiger partial charge in [-0.05, 0) is 56.4 Å². The third-order valence-electron chi connectivity index (χ3n) is 3.88. The van der Waals surface area contributed by atoms with Crippen LogP contribution in [0, 0.1) is 12.8 Å². The lowest BCUT2D eigenvalue weighted by Crippen LogP contribution is -2.28. The Morgan fingerprint density at radius 2 is 2.05 bits per heavy atom. The molecule has 0 saturated heterocycles. The number of anilines is 1. The first-order chi connectivity index (χ1) is 9.20. The van der Waals surface area contributed by atoms with Crippen molar-refractivity contribution in [3.8, 4) is 0 Å². The molecule has 3 nitrogen and oxygen atoms in total. The van der Waals surface area contributed by atoms with Crippen LogP contribution in [-0.4, -0.2) is 19.0 Å². The van der Waals surface area contributed by atoms with Crippen molar-refractivity contribution in [3.05, 3.63) is 29.3 Å². The van der Waals surface area contributed by atoms with E-state index in [4.69, 9.17) is 0 Å². The average Bonchev–Trinajstić information content (AvgIpc) is 2.91. The summed E-state index contributed by atoms with van der Waals surface area (Å²) in [6.45, 7) is 5.83. The Labute approximate surface area is 115 Å². The largest absolute Gasteiger partial charge is 0.385 e. The lowest BCUT2D eigenvalue weighted by atomic mass is 10.1. The van der Waals surface area contributed by atoms with E-state index in [2.05, 4.69) is 17.6 Å². The van der Waals surface area contributed by atoms with Crippen LogP contribution >= 0.6 is 0 Å². The van der Waals surface area contributed by atoms with E-state index in [-0.39, 0.29) is 5.91 Å². The molecule has 1 aliphatic rings. The van der Waals surface area contributed by atoms with Crippen molar-refractivity contribution in [2.45, 2.75) is 39.5 Å². The molecule has 104 valence electrons. The van der Waals surface area contributed by atoms with Gasteiger partial charge in [0.15, 0.2) is 0 Å². The molecule has 0 atom stereocenters. The summed E-state index contributed by atoms with van der Waals surface area (Å²) in [4.78, 5) is 12.1. The maximum absolute atomic E-state index is 12.1. The molecule has 19 heavy (non-hydrogen) atoms. The van der Waals surface area contributed by atoms with Gasteiger partial charge in [-0.3, -0.25) is 4.79 Å². The summed E-state index contributed by atoms with van der Waals surface area (Å²) in [5, 5.41) is 6.35. The van der Waals surface area contributed by atoms with E-state index >= 15 is 0 Å². The third-order valence-corrected chi connectivity index (χ3v) is 3.88. The lowest BCUT2D eigenvalue weighted by Gasteiger charge is -2.12. The van der Waals surface area contributed by atoms with Crippen molar-refractivity contribution in [2.75, 3.05) is 18.4 Å². The summed E-state index contributed by atoms with van der Waals surface area (Å²) in [5.41, 5.74) is 2.99. The molecular formula is C16H24N2O. The molecule has 0 bridgehead atoms.